The first kappa shape index (κ1) is 15.8. The van der Waals surface area contributed by atoms with Crippen molar-refractivity contribution in [1.82, 2.24) is 9.21 Å². The van der Waals surface area contributed by atoms with Crippen LogP contribution in [0.4, 0.5) is 0 Å². The summed E-state index contributed by atoms with van der Waals surface area (Å²) < 4.78 is 33.5. The predicted molar refractivity (Wildman–Crippen MR) is 85.3 cm³/mol. The molecule has 0 aromatic rings. The number of likely N-dealkylation sites (tertiary alicyclic amines) is 1. The van der Waals surface area contributed by atoms with E-state index in [4.69, 9.17) is 4.74 Å². The Morgan fingerprint density at radius 2 is 2.04 bits per heavy atom. The summed E-state index contributed by atoms with van der Waals surface area (Å²) in [5.74, 6) is 0.656. The molecule has 7 heteroatoms. The molecule has 3 atom stereocenters. The summed E-state index contributed by atoms with van der Waals surface area (Å²) in [4.78, 5) is 14.5. The van der Waals surface area contributed by atoms with Crippen LogP contribution in [-0.2, 0) is 19.6 Å². The highest BCUT2D eigenvalue weighted by molar-refractivity contribution is 7.90. The van der Waals surface area contributed by atoms with Gasteiger partial charge in [0.25, 0.3) is 0 Å². The van der Waals surface area contributed by atoms with Crippen molar-refractivity contribution in [2.24, 2.45) is 11.8 Å². The van der Waals surface area contributed by atoms with E-state index in [1.807, 2.05) is 18.7 Å². The molecule has 1 aliphatic carbocycles. The fourth-order valence-electron chi connectivity index (χ4n) is 4.60. The molecule has 2 bridgehead atoms. The maximum atomic E-state index is 12.9. The molecule has 4 fully saturated rings. The van der Waals surface area contributed by atoms with E-state index in [0.717, 1.165) is 19.3 Å². The largest absolute Gasteiger partial charge is 0.365 e. The van der Waals surface area contributed by atoms with Crippen LogP contribution in [0.2, 0.25) is 0 Å². The van der Waals surface area contributed by atoms with E-state index >= 15 is 0 Å². The maximum Gasteiger partial charge on any atom is 0.225 e. The van der Waals surface area contributed by atoms with Gasteiger partial charge in [-0.15, -0.1) is 0 Å². The van der Waals surface area contributed by atoms with Gasteiger partial charge >= 0.3 is 0 Å². The first-order valence-corrected chi connectivity index (χ1v) is 10.3. The molecular formula is C16H26N2O4S. The van der Waals surface area contributed by atoms with E-state index in [-0.39, 0.29) is 23.8 Å². The second-order valence-corrected chi connectivity index (χ2v) is 10.2. The molecule has 0 unspecified atom stereocenters. The van der Waals surface area contributed by atoms with Crippen molar-refractivity contribution in [3.63, 3.8) is 0 Å². The average molecular weight is 342 g/mol. The summed E-state index contributed by atoms with van der Waals surface area (Å²) in [5.41, 5.74) is -0.698. The molecule has 6 nitrogen and oxygen atoms in total. The Kier molecular flexibility index (Phi) is 3.56. The Morgan fingerprint density at radius 1 is 1.30 bits per heavy atom. The second-order valence-electron chi connectivity index (χ2n) is 8.11. The van der Waals surface area contributed by atoms with Gasteiger partial charge < -0.3 is 9.64 Å². The Balaban J connectivity index is 1.58. The molecular weight excluding hydrogens is 316 g/mol. The smallest absolute Gasteiger partial charge is 0.225 e. The normalized spacial score (nSPS) is 39.5. The minimum absolute atomic E-state index is 0.117. The molecule has 0 aromatic heterocycles. The summed E-state index contributed by atoms with van der Waals surface area (Å²) >= 11 is 0. The molecule has 1 saturated carbocycles. The Bertz CT molecular complexity index is 616. The third kappa shape index (κ3) is 2.35. The standard InChI is InChI=1S/C16H26N2O4S/c1-11(2)7-18-10-16-9-17(15(19)12-4-3-5-12)8-13(22-16)6-14(16)23(18,20)21/h11-14H,3-10H2,1-2H3/t13-,14+,16+/m1/s1. The van der Waals surface area contributed by atoms with Crippen molar-refractivity contribution < 1.29 is 17.9 Å². The molecule has 1 spiro atoms. The van der Waals surface area contributed by atoms with Crippen LogP contribution in [0.25, 0.3) is 0 Å². The number of morpholine rings is 1. The molecule has 4 rings (SSSR count). The van der Waals surface area contributed by atoms with Crippen LogP contribution in [0, 0.1) is 11.8 Å². The van der Waals surface area contributed by atoms with Gasteiger partial charge in [-0.2, -0.15) is 4.31 Å². The topological polar surface area (TPSA) is 66.9 Å². The van der Waals surface area contributed by atoms with E-state index < -0.39 is 20.9 Å². The zero-order valence-corrected chi connectivity index (χ0v) is 14.7. The van der Waals surface area contributed by atoms with Crippen molar-refractivity contribution >= 4 is 15.9 Å². The van der Waals surface area contributed by atoms with Crippen molar-refractivity contribution in [3.05, 3.63) is 0 Å². The maximum absolute atomic E-state index is 12.9. The van der Waals surface area contributed by atoms with Crippen molar-refractivity contribution in [3.8, 4) is 0 Å². The summed E-state index contributed by atoms with van der Waals surface area (Å²) in [6.45, 7) is 6.00. The monoisotopic (exact) mass is 342 g/mol. The summed E-state index contributed by atoms with van der Waals surface area (Å²) in [5, 5.41) is -0.474. The molecule has 0 aromatic carbocycles. The summed E-state index contributed by atoms with van der Waals surface area (Å²) in [6.07, 6.45) is 3.51. The highest BCUT2D eigenvalue weighted by atomic mass is 32.2. The van der Waals surface area contributed by atoms with Crippen molar-refractivity contribution in [2.45, 2.75) is 56.5 Å². The number of rotatable bonds is 3. The molecule has 130 valence electrons. The van der Waals surface area contributed by atoms with Gasteiger partial charge in [-0.1, -0.05) is 20.3 Å². The molecule has 0 N–H and O–H groups in total. The van der Waals surface area contributed by atoms with E-state index in [0.29, 0.717) is 32.6 Å². The molecule has 23 heavy (non-hydrogen) atoms. The van der Waals surface area contributed by atoms with E-state index in [1.54, 1.807) is 4.31 Å². The number of nitrogens with zero attached hydrogens (tertiary/aromatic N) is 2. The summed E-state index contributed by atoms with van der Waals surface area (Å²) in [6, 6.07) is 0. The van der Waals surface area contributed by atoms with Gasteiger partial charge in [-0.05, 0) is 25.2 Å². The van der Waals surface area contributed by atoms with Crippen molar-refractivity contribution in [2.75, 3.05) is 26.2 Å². The minimum atomic E-state index is -3.31. The Morgan fingerprint density at radius 3 is 2.65 bits per heavy atom. The van der Waals surface area contributed by atoms with Gasteiger partial charge in [-0.3, -0.25) is 4.79 Å². The zero-order chi connectivity index (χ0) is 16.4. The zero-order valence-electron chi connectivity index (χ0n) is 13.9. The van der Waals surface area contributed by atoms with Gasteiger partial charge in [-0.25, -0.2) is 8.42 Å². The van der Waals surface area contributed by atoms with Gasteiger partial charge in [0.05, 0.1) is 12.6 Å². The molecule has 3 saturated heterocycles. The first-order chi connectivity index (χ1) is 10.8. The predicted octanol–water partition coefficient (Wildman–Crippen LogP) is 0.826. The van der Waals surface area contributed by atoms with Gasteiger partial charge in [0.1, 0.15) is 10.9 Å². The SMILES string of the molecule is CC(C)CN1C[C@@]23CN(C(=O)C4CCC4)C[C@@H](C[C@@H]2S1(=O)=O)O3. The number of amides is 1. The molecule has 3 heterocycles. The second kappa shape index (κ2) is 5.17. The molecule has 4 aliphatic rings. The average Bonchev–Trinajstić information content (AvgIpc) is 2.75. The third-order valence-electron chi connectivity index (χ3n) is 5.85. The number of carbonyl (C=O) groups is 1. The Labute approximate surface area is 138 Å². The van der Waals surface area contributed by atoms with E-state index in [1.165, 1.54) is 0 Å². The lowest BCUT2D eigenvalue weighted by Crippen LogP contribution is -2.57. The van der Waals surface area contributed by atoms with Gasteiger partial charge in [0.2, 0.25) is 15.9 Å². The van der Waals surface area contributed by atoms with Crippen LogP contribution in [0.1, 0.15) is 39.5 Å². The lowest BCUT2D eigenvalue weighted by atomic mass is 9.84. The van der Waals surface area contributed by atoms with Crippen LogP contribution in [-0.4, -0.2) is 66.7 Å². The van der Waals surface area contributed by atoms with E-state index in [2.05, 4.69) is 0 Å². The number of hydrogen-bond acceptors (Lipinski definition) is 4. The minimum Gasteiger partial charge on any atom is -0.365 e. The molecule has 1 amide bonds. The quantitative estimate of drug-likeness (QED) is 0.762. The fraction of sp³-hybridized carbons (Fsp3) is 0.938. The third-order valence-corrected chi connectivity index (χ3v) is 8.19. The van der Waals surface area contributed by atoms with E-state index in [9.17, 15) is 13.2 Å². The highest BCUT2D eigenvalue weighted by Crippen LogP contribution is 2.47. The number of carbonyl (C=O) groups excluding carboxylic acids is 1. The van der Waals surface area contributed by atoms with Gasteiger partial charge in [0, 0.05) is 25.6 Å². The van der Waals surface area contributed by atoms with Gasteiger partial charge in [0.15, 0.2) is 0 Å². The Hall–Kier alpha value is -0.660. The number of hydrogen-bond donors (Lipinski definition) is 0. The molecule has 3 aliphatic heterocycles. The summed E-state index contributed by atoms with van der Waals surface area (Å²) in [7, 11) is -3.31. The number of fused-ring (bicyclic) bond motifs is 1. The van der Waals surface area contributed by atoms with Crippen LogP contribution in [0.3, 0.4) is 0 Å². The van der Waals surface area contributed by atoms with Crippen molar-refractivity contribution in [1.29, 1.82) is 0 Å². The van der Waals surface area contributed by atoms with Crippen LogP contribution >= 0.6 is 0 Å². The number of ether oxygens (including phenoxy) is 1. The highest BCUT2D eigenvalue weighted by Gasteiger charge is 2.65. The fourth-order valence-corrected chi connectivity index (χ4v) is 7.07. The number of sulfonamides is 1. The van der Waals surface area contributed by atoms with Crippen LogP contribution in [0.15, 0.2) is 0 Å². The van der Waals surface area contributed by atoms with Crippen LogP contribution < -0.4 is 0 Å². The molecule has 0 radical (unpaired) electrons. The van der Waals surface area contributed by atoms with Crippen LogP contribution in [0.5, 0.6) is 0 Å². The lowest BCUT2D eigenvalue weighted by Gasteiger charge is -2.42. The lowest BCUT2D eigenvalue weighted by molar-refractivity contribution is -0.157. The first-order valence-electron chi connectivity index (χ1n) is 8.77.